The van der Waals surface area contributed by atoms with E-state index in [4.69, 9.17) is 5.26 Å². The van der Waals surface area contributed by atoms with E-state index in [0.717, 1.165) is 10.9 Å². The van der Waals surface area contributed by atoms with Crippen LogP contribution in [0.25, 0.3) is 10.9 Å². The SMILES string of the molecule is N#CN1CCC(C(=O)Nc2ncnc3ccccc23)C1. The number of nitriles is 1. The van der Waals surface area contributed by atoms with Gasteiger partial charge in [0, 0.05) is 18.5 Å². The average molecular weight is 267 g/mol. The quantitative estimate of drug-likeness (QED) is 0.831. The van der Waals surface area contributed by atoms with Crippen LogP contribution in [0.3, 0.4) is 0 Å². The lowest BCUT2D eigenvalue weighted by molar-refractivity contribution is -0.119. The summed E-state index contributed by atoms with van der Waals surface area (Å²) in [5.41, 5.74) is 0.794. The van der Waals surface area contributed by atoms with E-state index in [1.807, 2.05) is 24.3 Å². The second-order valence-corrected chi connectivity index (χ2v) is 4.76. The first kappa shape index (κ1) is 12.4. The van der Waals surface area contributed by atoms with Crippen molar-refractivity contribution in [3.05, 3.63) is 30.6 Å². The smallest absolute Gasteiger partial charge is 0.230 e. The zero-order valence-corrected chi connectivity index (χ0v) is 10.8. The molecule has 1 aliphatic rings. The molecule has 0 spiro atoms. The topological polar surface area (TPSA) is 81.9 Å². The first-order valence-corrected chi connectivity index (χ1v) is 6.43. The fourth-order valence-corrected chi connectivity index (χ4v) is 2.39. The number of hydrogen-bond donors (Lipinski definition) is 1. The summed E-state index contributed by atoms with van der Waals surface area (Å²) in [5.74, 6) is 0.269. The van der Waals surface area contributed by atoms with E-state index < -0.39 is 0 Å². The lowest BCUT2D eigenvalue weighted by Gasteiger charge is -2.11. The number of nitrogens with zero attached hydrogens (tertiary/aromatic N) is 4. The Kier molecular flexibility index (Phi) is 3.17. The van der Waals surface area contributed by atoms with E-state index in [-0.39, 0.29) is 11.8 Å². The minimum absolute atomic E-state index is 0.0911. The Hall–Kier alpha value is -2.68. The zero-order valence-electron chi connectivity index (χ0n) is 10.8. The number of carbonyl (C=O) groups excluding carboxylic acids is 1. The summed E-state index contributed by atoms with van der Waals surface area (Å²) in [4.78, 5) is 22.1. The Balaban J connectivity index is 1.80. The van der Waals surface area contributed by atoms with E-state index in [1.165, 1.54) is 6.33 Å². The molecule has 1 unspecified atom stereocenters. The normalized spacial score (nSPS) is 17.9. The number of amides is 1. The summed E-state index contributed by atoms with van der Waals surface area (Å²) in [6, 6.07) is 7.53. The zero-order chi connectivity index (χ0) is 13.9. The van der Waals surface area contributed by atoms with E-state index >= 15 is 0 Å². The molecule has 1 aliphatic heterocycles. The maximum atomic E-state index is 12.2. The molecule has 0 radical (unpaired) electrons. The number of anilines is 1. The van der Waals surface area contributed by atoms with Crippen molar-refractivity contribution in [1.29, 1.82) is 5.26 Å². The van der Waals surface area contributed by atoms with Crippen molar-refractivity contribution in [2.45, 2.75) is 6.42 Å². The largest absolute Gasteiger partial charge is 0.310 e. The van der Waals surface area contributed by atoms with Crippen molar-refractivity contribution >= 4 is 22.6 Å². The lowest BCUT2D eigenvalue weighted by atomic mass is 10.1. The van der Waals surface area contributed by atoms with Gasteiger partial charge in [0.2, 0.25) is 5.91 Å². The Labute approximate surface area is 116 Å². The van der Waals surface area contributed by atoms with Crippen molar-refractivity contribution in [3.8, 4) is 6.19 Å². The van der Waals surface area contributed by atoms with Gasteiger partial charge in [0.15, 0.2) is 6.19 Å². The van der Waals surface area contributed by atoms with Crippen molar-refractivity contribution in [1.82, 2.24) is 14.9 Å². The molecule has 2 heterocycles. The molecule has 0 aliphatic carbocycles. The second kappa shape index (κ2) is 5.13. The third-order valence-corrected chi connectivity index (χ3v) is 3.48. The minimum Gasteiger partial charge on any atom is -0.310 e. The van der Waals surface area contributed by atoms with Crippen LogP contribution in [0.15, 0.2) is 30.6 Å². The molecule has 1 atom stereocenters. The molecular weight excluding hydrogens is 254 g/mol. The highest BCUT2D eigenvalue weighted by Gasteiger charge is 2.28. The van der Waals surface area contributed by atoms with Crippen LogP contribution < -0.4 is 5.32 Å². The molecule has 0 saturated carbocycles. The minimum atomic E-state index is -0.164. The maximum Gasteiger partial charge on any atom is 0.230 e. The summed E-state index contributed by atoms with van der Waals surface area (Å²) in [6.45, 7) is 1.12. The standard InChI is InChI=1S/C14H13N5O/c15-8-19-6-5-10(7-19)14(20)18-13-11-3-1-2-4-12(11)16-9-17-13/h1-4,9-10H,5-7H2,(H,16,17,18,20). The van der Waals surface area contributed by atoms with Gasteiger partial charge in [-0.2, -0.15) is 5.26 Å². The molecule has 1 saturated heterocycles. The Morgan fingerprint density at radius 1 is 1.40 bits per heavy atom. The van der Waals surface area contributed by atoms with Crippen LogP contribution in [0, 0.1) is 17.4 Å². The number of benzene rings is 1. The summed E-state index contributed by atoms with van der Waals surface area (Å²) in [6.07, 6.45) is 4.21. The van der Waals surface area contributed by atoms with Crippen LogP contribution in [0.5, 0.6) is 0 Å². The molecule has 6 heteroatoms. The summed E-state index contributed by atoms with van der Waals surface area (Å²) >= 11 is 0. The number of aromatic nitrogens is 2. The van der Waals surface area contributed by atoms with Gasteiger partial charge < -0.3 is 10.2 Å². The molecule has 100 valence electrons. The molecule has 0 bridgehead atoms. The van der Waals surface area contributed by atoms with Crippen molar-refractivity contribution in [2.24, 2.45) is 5.92 Å². The molecule has 1 fully saturated rings. The fourth-order valence-electron chi connectivity index (χ4n) is 2.39. The molecule has 3 rings (SSSR count). The van der Waals surface area contributed by atoms with Gasteiger partial charge >= 0.3 is 0 Å². The highest BCUT2D eigenvalue weighted by atomic mass is 16.2. The fraction of sp³-hybridized carbons (Fsp3) is 0.286. The van der Waals surface area contributed by atoms with Crippen molar-refractivity contribution in [3.63, 3.8) is 0 Å². The Morgan fingerprint density at radius 2 is 2.25 bits per heavy atom. The van der Waals surface area contributed by atoms with Gasteiger partial charge in [0.1, 0.15) is 12.1 Å². The van der Waals surface area contributed by atoms with Gasteiger partial charge in [0.05, 0.1) is 11.4 Å². The lowest BCUT2D eigenvalue weighted by Crippen LogP contribution is -2.25. The first-order valence-electron chi connectivity index (χ1n) is 6.43. The Bertz CT molecular complexity index is 688. The van der Waals surface area contributed by atoms with Gasteiger partial charge in [-0.05, 0) is 18.6 Å². The third-order valence-electron chi connectivity index (χ3n) is 3.48. The molecule has 20 heavy (non-hydrogen) atoms. The van der Waals surface area contributed by atoms with E-state index in [9.17, 15) is 4.79 Å². The molecule has 6 nitrogen and oxygen atoms in total. The number of nitrogens with one attached hydrogen (secondary N) is 1. The van der Waals surface area contributed by atoms with E-state index in [1.54, 1.807) is 4.90 Å². The van der Waals surface area contributed by atoms with Crippen LogP contribution in [-0.2, 0) is 4.79 Å². The van der Waals surface area contributed by atoms with Gasteiger partial charge in [0.25, 0.3) is 0 Å². The molecule has 1 aromatic heterocycles. The summed E-state index contributed by atoms with van der Waals surface area (Å²) in [5, 5.41) is 12.5. The molecule has 2 aromatic rings. The van der Waals surface area contributed by atoms with Crippen LogP contribution in [0.4, 0.5) is 5.82 Å². The van der Waals surface area contributed by atoms with Crippen LogP contribution >= 0.6 is 0 Å². The highest BCUT2D eigenvalue weighted by Crippen LogP contribution is 2.21. The molecule has 1 N–H and O–H groups in total. The number of hydrogen-bond acceptors (Lipinski definition) is 5. The number of likely N-dealkylation sites (tertiary alicyclic amines) is 1. The van der Waals surface area contributed by atoms with E-state index in [0.29, 0.717) is 25.3 Å². The van der Waals surface area contributed by atoms with E-state index in [2.05, 4.69) is 21.5 Å². The summed E-state index contributed by atoms with van der Waals surface area (Å²) < 4.78 is 0. The van der Waals surface area contributed by atoms with Gasteiger partial charge in [-0.3, -0.25) is 4.79 Å². The third kappa shape index (κ3) is 2.26. The number of rotatable bonds is 2. The van der Waals surface area contributed by atoms with Crippen molar-refractivity contribution in [2.75, 3.05) is 18.4 Å². The van der Waals surface area contributed by atoms with Gasteiger partial charge in [-0.25, -0.2) is 9.97 Å². The molecular formula is C14H13N5O. The molecule has 1 amide bonds. The van der Waals surface area contributed by atoms with Crippen LogP contribution in [0.1, 0.15) is 6.42 Å². The number of carbonyl (C=O) groups is 1. The average Bonchev–Trinajstić information content (AvgIpc) is 2.97. The summed E-state index contributed by atoms with van der Waals surface area (Å²) in [7, 11) is 0. The van der Waals surface area contributed by atoms with Crippen LogP contribution in [-0.4, -0.2) is 33.9 Å². The maximum absolute atomic E-state index is 12.2. The highest BCUT2D eigenvalue weighted by molar-refractivity contribution is 6.00. The monoisotopic (exact) mass is 267 g/mol. The predicted molar refractivity (Wildman–Crippen MR) is 73.5 cm³/mol. The Morgan fingerprint density at radius 3 is 3.05 bits per heavy atom. The first-order chi connectivity index (χ1) is 9.78. The number of para-hydroxylation sites is 1. The van der Waals surface area contributed by atoms with Gasteiger partial charge in [-0.1, -0.05) is 12.1 Å². The van der Waals surface area contributed by atoms with Gasteiger partial charge in [-0.15, -0.1) is 0 Å². The predicted octanol–water partition coefficient (Wildman–Crippen LogP) is 1.37. The second-order valence-electron chi connectivity index (χ2n) is 4.76. The molecule has 1 aromatic carbocycles. The van der Waals surface area contributed by atoms with Crippen LogP contribution in [0.2, 0.25) is 0 Å². The van der Waals surface area contributed by atoms with Crippen molar-refractivity contribution < 1.29 is 4.79 Å². The number of fused-ring (bicyclic) bond motifs is 1.